The van der Waals surface area contributed by atoms with Crippen LogP contribution in [0.25, 0.3) is 0 Å². The molecule has 21 heavy (non-hydrogen) atoms. The van der Waals surface area contributed by atoms with E-state index in [2.05, 4.69) is 10.6 Å². The van der Waals surface area contributed by atoms with Gasteiger partial charge in [0.2, 0.25) is 0 Å². The monoisotopic (exact) mass is 300 g/mol. The van der Waals surface area contributed by atoms with Gasteiger partial charge in [0.05, 0.1) is 25.4 Å². The van der Waals surface area contributed by atoms with E-state index in [0.717, 1.165) is 12.8 Å². The van der Waals surface area contributed by atoms with E-state index in [4.69, 9.17) is 14.2 Å². The van der Waals surface area contributed by atoms with Crippen LogP contribution in [0.2, 0.25) is 0 Å². The Morgan fingerprint density at radius 2 is 1.38 bits per heavy atom. The minimum atomic E-state index is -0.413. The molecule has 2 amide bonds. The first-order valence-electron chi connectivity index (χ1n) is 7.62. The van der Waals surface area contributed by atoms with Gasteiger partial charge in [0, 0.05) is 24.9 Å². The Morgan fingerprint density at radius 3 is 1.76 bits per heavy atom. The number of carbonyl (C=O) groups excluding carboxylic acids is 2. The molecule has 7 heteroatoms. The second-order valence-corrected chi connectivity index (χ2v) is 5.38. The molecule has 7 nitrogen and oxygen atoms in total. The van der Waals surface area contributed by atoms with Crippen LogP contribution < -0.4 is 10.6 Å². The van der Waals surface area contributed by atoms with Gasteiger partial charge in [-0.15, -0.1) is 0 Å². The Morgan fingerprint density at radius 1 is 0.952 bits per heavy atom. The predicted octanol–water partition coefficient (Wildman–Crippen LogP) is 1.27. The molecular formula is C14H24N2O5. The van der Waals surface area contributed by atoms with Gasteiger partial charge in [0.25, 0.3) is 0 Å². The van der Waals surface area contributed by atoms with Crippen LogP contribution >= 0.6 is 0 Å². The largest absolute Gasteiger partial charge is 0.449 e. The van der Waals surface area contributed by atoms with E-state index >= 15 is 0 Å². The highest BCUT2D eigenvalue weighted by Gasteiger charge is 2.49. The van der Waals surface area contributed by atoms with E-state index < -0.39 is 12.2 Å². The summed E-state index contributed by atoms with van der Waals surface area (Å²) in [5.41, 5.74) is 0. The molecule has 2 heterocycles. The van der Waals surface area contributed by atoms with Crippen LogP contribution in [0.4, 0.5) is 9.59 Å². The van der Waals surface area contributed by atoms with Crippen molar-refractivity contribution in [3.8, 4) is 0 Å². The number of hydrogen-bond donors (Lipinski definition) is 2. The number of carbonyl (C=O) groups is 2. The van der Waals surface area contributed by atoms with Crippen molar-refractivity contribution in [2.45, 2.75) is 38.9 Å². The molecule has 0 radical (unpaired) electrons. The van der Waals surface area contributed by atoms with E-state index in [1.54, 1.807) is 0 Å². The molecule has 2 rings (SSSR count). The van der Waals surface area contributed by atoms with Crippen molar-refractivity contribution < 1.29 is 23.8 Å². The lowest BCUT2D eigenvalue weighted by Gasteiger charge is -2.27. The molecule has 120 valence electrons. The maximum Gasteiger partial charge on any atom is 0.407 e. The van der Waals surface area contributed by atoms with Crippen molar-refractivity contribution in [3.63, 3.8) is 0 Å². The summed E-state index contributed by atoms with van der Waals surface area (Å²) in [7, 11) is 0. The molecule has 2 bridgehead atoms. The van der Waals surface area contributed by atoms with Crippen LogP contribution in [0.3, 0.4) is 0 Å². The smallest absolute Gasteiger partial charge is 0.407 e. The van der Waals surface area contributed by atoms with Crippen LogP contribution in [-0.4, -0.2) is 50.7 Å². The third kappa shape index (κ3) is 4.00. The molecule has 0 spiro atoms. The Kier molecular flexibility index (Phi) is 5.67. The number of hydrogen-bond acceptors (Lipinski definition) is 5. The van der Waals surface area contributed by atoms with Gasteiger partial charge in [0.1, 0.15) is 0 Å². The molecule has 0 aromatic rings. The Balaban J connectivity index is 1.82. The van der Waals surface area contributed by atoms with Gasteiger partial charge < -0.3 is 24.8 Å². The minimum Gasteiger partial charge on any atom is -0.449 e. The van der Waals surface area contributed by atoms with Crippen LogP contribution in [0.15, 0.2) is 0 Å². The number of nitrogens with one attached hydrogen (secondary N) is 2. The van der Waals surface area contributed by atoms with Crippen molar-refractivity contribution in [1.82, 2.24) is 10.6 Å². The van der Waals surface area contributed by atoms with Gasteiger partial charge in [-0.1, -0.05) is 0 Å². The molecule has 0 aromatic carbocycles. The zero-order valence-corrected chi connectivity index (χ0v) is 12.6. The number of alkyl carbamates (subject to hydrolysis) is 2. The van der Waals surface area contributed by atoms with Gasteiger partial charge in [0.15, 0.2) is 0 Å². The van der Waals surface area contributed by atoms with Crippen molar-refractivity contribution in [1.29, 1.82) is 0 Å². The number of ether oxygens (including phenoxy) is 3. The molecule has 2 aliphatic heterocycles. The molecule has 0 unspecified atom stereocenters. The van der Waals surface area contributed by atoms with E-state index in [0.29, 0.717) is 26.3 Å². The number of amides is 2. The number of fused-ring (bicyclic) bond motifs is 2. The molecule has 2 saturated heterocycles. The summed E-state index contributed by atoms with van der Waals surface area (Å²) in [6.45, 7) is 5.36. The van der Waals surface area contributed by atoms with E-state index in [1.165, 1.54) is 0 Å². The van der Waals surface area contributed by atoms with Crippen LogP contribution in [0.1, 0.15) is 26.7 Å². The SMILES string of the molecule is CCNC(=O)OC[C@@H]1[C@@H](COC(=O)NCC)[C@H]2CC[C@@H]1O2. The van der Waals surface area contributed by atoms with Crippen molar-refractivity contribution >= 4 is 12.2 Å². The lowest BCUT2D eigenvalue weighted by Crippen LogP contribution is -2.37. The summed E-state index contributed by atoms with van der Waals surface area (Å²) in [4.78, 5) is 22.8. The highest BCUT2D eigenvalue weighted by Crippen LogP contribution is 2.43. The summed E-state index contributed by atoms with van der Waals surface area (Å²) in [6, 6.07) is 0. The third-order valence-corrected chi connectivity index (χ3v) is 4.05. The summed E-state index contributed by atoms with van der Waals surface area (Å²) in [5, 5.41) is 5.20. The highest BCUT2D eigenvalue weighted by molar-refractivity contribution is 5.67. The normalized spacial score (nSPS) is 30.0. The average Bonchev–Trinajstić information content (AvgIpc) is 3.04. The van der Waals surface area contributed by atoms with Crippen LogP contribution in [-0.2, 0) is 14.2 Å². The molecule has 0 aromatic heterocycles. The molecule has 2 fully saturated rings. The van der Waals surface area contributed by atoms with E-state index in [1.807, 2.05) is 13.8 Å². The van der Waals surface area contributed by atoms with Gasteiger partial charge in [-0.3, -0.25) is 0 Å². The van der Waals surface area contributed by atoms with Crippen LogP contribution in [0.5, 0.6) is 0 Å². The molecule has 2 aliphatic rings. The first-order chi connectivity index (χ1) is 10.2. The Bertz CT molecular complexity index is 342. The minimum absolute atomic E-state index is 0.0979. The fraction of sp³-hybridized carbons (Fsp3) is 0.857. The van der Waals surface area contributed by atoms with Crippen molar-refractivity contribution in [2.75, 3.05) is 26.3 Å². The molecule has 0 aliphatic carbocycles. The third-order valence-electron chi connectivity index (χ3n) is 4.05. The van der Waals surface area contributed by atoms with Gasteiger partial charge in [-0.05, 0) is 26.7 Å². The lowest BCUT2D eigenvalue weighted by molar-refractivity contribution is 0.0682. The van der Waals surface area contributed by atoms with Crippen molar-refractivity contribution in [3.05, 3.63) is 0 Å². The maximum atomic E-state index is 11.4. The zero-order valence-electron chi connectivity index (χ0n) is 12.6. The molecular weight excluding hydrogens is 276 g/mol. The fourth-order valence-corrected chi connectivity index (χ4v) is 3.07. The quantitative estimate of drug-likeness (QED) is 0.771. The summed E-state index contributed by atoms with van der Waals surface area (Å²) in [5.74, 6) is 0.196. The Labute approximate surface area is 124 Å². The first-order valence-corrected chi connectivity index (χ1v) is 7.62. The number of rotatable bonds is 6. The van der Waals surface area contributed by atoms with E-state index in [9.17, 15) is 9.59 Å². The van der Waals surface area contributed by atoms with Gasteiger partial charge >= 0.3 is 12.2 Å². The van der Waals surface area contributed by atoms with Crippen LogP contribution in [0, 0.1) is 11.8 Å². The topological polar surface area (TPSA) is 85.9 Å². The highest BCUT2D eigenvalue weighted by atomic mass is 16.6. The zero-order chi connectivity index (χ0) is 15.2. The molecule has 0 saturated carbocycles. The lowest BCUT2D eigenvalue weighted by atomic mass is 9.80. The first kappa shape index (κ1) is 15.9. The second kappa shape index (κ2) is 7.49. The molecule has 2 N–H and O–H groups in total. The summed E-state index contributed by atoms with van der Waals surface area (Å²) in [6.07, 6.45) is 1.34. The maximum absolute atomic E-state index is 11.4. The van der Waals surface area contributed by atoms with Crippen molar-refractivity contribution in [2.24, 2.45) is 11.8 Å². The summed E-state index contributed by atoms with van der Waals surface area (Å²) < 4.78 is 16.3. The Hall–Kier alpha value is -1.50. The van der Waals surface area contributed by atoms with Gasteiger partial charge in [-0.2, -0.15) is 0 Å². The average molecular weight is 300 g/mol. The second-order valence-electron chi connectivity index (χ2n) is 5.38. The molecule has 4 atom stereocenters. The summed E-state index contributed by atoms with van der Waals surface area (Å²) >= 11 is 0. The van der Waals surface area contributed by atoms with E-state index in [-0.39, 0.29) is 24.0 Å². The van der Waals surface area contributed by atoms with Gasteiger partial charge in [-0.25, -0.2) is 9.59 Å². The standard InChI is InChI=1S/C14H24N2O5/c1-3-15-13(17)19-7-9-10(8-20-14(18)16-4-2)12-6-5-11(9)21-12/h9-12H,3-8H2,1-2H3,(H,15,17)(H,16,18)/t9-,10-,11-,12+/m1/s1. The predicted molar refractivity (Wildman–Crippen MR) is 74.9 cm³/mol. The fourth-order valence-electron chi connectivity index (χ4n) is 3.07.